The molecule has 5 nitrogen and oxygen atoms in total. The Hall–Kier alpha value is -2.66. The summed E-state index contributed by atoms with van der Waals surface area (Å²) in [7, 11) is 0. The Morgan fingerprint density at radius 3 is 2.31 bits per heavy atom. The molecule has 1 heterocycles. The zero-order valence-electron chi connectivity index (χ0n) is 17.4. The number of amides is 2. The lowest BCUT2D eigenvalue weighted by Crippen LogP contribution is -2.54. The molecule has 2 aromatic carbocycles. The molecule has 2 amide bonds. The molecule has 0 radical (unpaired) electrons. The predicted molar refractivity (Wildman–Crippen MR) is 115 cm³/mol. The maximum atomic E-state index is 12.9. The van der Waals surface area contributed by atoms with E-state index in [0.717, 1.165) is 5.56 Å². The highest BCUT2D eigenvalue weighted by Crippen LogP contribution is 2.17. The zero-order valence-corrected chi connectivity index (χ0v) is 17.4. The third-order valence-corrected chi connectivity index (χ3v) is 5.40. The second-order valence-corrected chi connectivity index (χ2v) is 8.24. The van der Waals surface area contributed by atoms with Crippen molar-refractivity contribution in [2.24, 2.45) is 5.92 Å². The van der Waals surface area contributed by atoms with Crippen LogP contribution in [0.1, 0.15) is 49.9 Å². The largest absolute Gasteiger partial charge is 0.348 e. The maximum Gasteiger partial charge on any atom is 0.243 e. The Morgan fingerprint density at radius 2 is 1.62 bits per heavy atom. The molecule has 0 saturated carbocycles. The van der Waals surface area contributed by atoms with Crippen molar-refractivity contribution in [3.63, 3.8) is 0 Å². The second kappa shape index (κ2) is 9.70. The van der Waals surface area contributed by atoms with E-state index < -0.39 is 6.04 Å². The molecule has 0 aliphatic carbocycles. The summed E-state index contributed by atoms with van der Waals surface area (Å²) in [6, 6.07) is 17.0. The van der Waals surface area contributed by atoms with Crippen LogP contribution in [-0.2, 0) is 22.6 Å². The second-order valence-electron chi connectivity index (χ2n) is 8.24. The summed E-state index contributed by atoms with van der Waals surface area (Å²) in [6.45, 7) is 6.74. The summed E-state index contributed by atoms with van der Waals surface area (Å²) in [5.74, 6) is 0.0328. The van der Waals surface area contributed by atoms with Crippen molar-refractivity contribution >= 4 is 11.8 Å². The molecule has 0 fully saturated rings. The van der Waals surface area contributed by atoms with E-state index in [1.54, 1.807) is 0 Å². The van der Waals surface area contributed by atoms with Gasteiger partial charge in [-0.25, -0.2) is 0 Å². The van der Waals surface area contributed by atoms with Crippen LogP contribution >= 0.6 is 0 Å². The topological polar surface area (TPSA) is 70.2 Å². The number of hydrogen-bond acceptors (Lipinski definition) is 3. The Balaban J connectivity index is 1.64. The minimum Gasteiger partial charge on any atom is -0.348 e. The van der Waals surface area contributed by atoms with Crippen molar-refractivity contribution in [2.75, 3.05) is 0 Å². The molecule has 0 aromatic heterocycles. The highest BCUT2D eigenvalue weighted by molar-refractivity contribution is 5.90. The van der Waals surface area contributed by atoms with Crippen LogP contribution in [0.15, 0.2) is 54.6 Å². The number of nitrogens with one attached hydrogen (secondary N) is 3. The summed E-state index contributed by atoms with van der Waals surface area (Å²) >= 11 is 0. The first-order chi connectivity index (χ1) is 13.9. The fourth-order valence-corrected chi connectivity index (χ4v) is 3.75. The average molecular weight is 394 g/mol. The molecule has 154 valence electrons. The average Bonchev–Trinajstić information content (AvgIpc) is 2.73. The molecule has 2 aromatic rings. The van der Waals surface area contributed by atoms with Gasteiger partial charge in [0.05, 0.1) is 12.1 Å². The highest BCUT2D eigenvalue weighted by Gasteiger charge is 2.29. The van der Waals surface area contributed by atoms with Gasteiger partial charge in [0.15, 0.2) is 0 Å². The molecule has 1 aliphatic heterocycles. The van der Waals surface area contributed by atoms with Crippen LogP contribution < -0.4 is 16.0 Å². The van der Waals surface area contributed by atoms with E-state index in [1.165, 1.54) is 11.1 Å². The van der Waals surface area contributed by atoms with E-state index in [9.17, 15) is 9.59 Å². The summed E-state index contributed by atoms with van der Waals surface area (Å²) in [6.07, 6.45) is 1.24. The number of rotatable bonds is 7. The number of fused-ring (bicyclic) bond motifs is 1. The predicted octanol–water partition coefficient (Wildman–Crippen LogP) is 3.11. The minimum atomic E-state index is -0.548. The van der Waals surface area contributed by atoms with Crippen molar-refractivity contribution in [1.29, 1.82) is 0 Å². The molecule has 0 bridgehead atoms. The first kappa shape index (κ1) is 21.1. The van der Waals surface area contributed by atoms with Crippen LogP contribution in [0.4, 0.5) is 0 Å². The van der Waals surface area contributed by atoms with Gasteiger partial charge in [-0.1, -0.05) is 68.4 Å². The van der Waals surface area contributed by atoms with E-state index in [0.29, 0.717) is 19.4 Å². The molecule has 3 atom stereocenters. The van der Waals surface area contributed by atoms with Gasteiger partial charge in [0.25, 0.3) is 0 Å². The molecule has 29 heavy (non-hydrogen) atoms. The molecule has 1 aliphatic rings. The summed E-state index contributed by atoms with van der Waals surface area (Å²) in [4.78, 5) is 25.8. The molecule has 0 saturated heterocycles. The van der Waals surface area contributed by atoms with E-state index in [-0.39, 0.29) is 29.8 Å². The highest BCUT2D eigenvalue weighted by atomic mass is 16.2. The van der Waals surface area contributed by atoms with Crippen LogP contribution in [0.25, 0.3) is 0 Å². The van der Waals surface area contributed by atoms with Crippen LogP contribution in [0.3, 0.4) is 0 Å². The lowest BCUT2D eigenvalue weighted by atomic mass is 9.95. The molecular weight excluding hydrogens is 362 g/mol. The van der Waals surface area contributed by atoms with Gasteiger partial charge in [-0.3, -0.25) is 9.59 Å². The Kier molecular flexibility index (Phi) is 7.04. The first-order valence-electron chi connectivity index (χ1n) is 10.4. The van der Waals surface area contributed by atoms with Gasteiger partial charge in [0, 0.05) is 6.54 Å². The van der Waals surface area contributed by atoms with E-state index in [1.807, 2.05) is 49.4 Å². The first-order valence-corrected chi connectivity index (χ1v) is 10.4. The summed E-state index contributed by atoms with van der Waals surface area (Å²) in [5.41, 5.74) is 3.46. The SMILES string of the molecule is CC(C)C[C@H](NC(=O)[C@@H]1Cc2ccccc2CN1)C(=O)N[C@H](C)c1ccccc1. The van der Waals surface area contributed by atoms with E-state index >= 15 is 0 Å². The fourth-order valence-electron chi connectivity index (χ4n) is 3.75. The van der Waals surface area contributed by atoms with Crippen molar-refractivity contribution in [1.82, 2.24) is 16.0 Å². The van der Waals surface area contributed by atoms with Gasteiger partial charge in [0.1, 0.15) is 6.04 Å². The van der Waals surface area contributed by atoms with E-state index in [4.69, 9.17) is 0 Å². The van der Waals surface area contributed by atoms with Crippen molar-refractivity contribution in [3.8, 4) is 0 Å². The van der Waals surface area contributed by atoms with Gasteiger partial charge in [-0.15, -0.1) is 0 Å². The number of carbonyl (C=O) groups is 2. The Labute approximate surface area is 173 Å². The standard InChI is InChI=1S/C24H31N3O2/c1-16(2)13-22(24(29)26-17(3)18-9-5-4-6-10-18)27-23(28)21-14-19-11-7-8-12-20(19)15-25-21/h4-12,16-17,21-22,25H,13-15H2,1-3H3,(H,26,29)(H,27,28)/t17-,21+,22+/m1/s1. The molecule has 5 heteroatoms. The van der Waals surface area contributed by atoms with Gasteiger partial charge >= 0.3 is 0 Å². The minimum absolute atomic E-state index is 0.116. The summed E-state index contributed by atoms with van der Waals surface area (Å²) < 4.78 is 0. The molecular formula is C24H31N3O2. The smallest absolute Gasteiger partial charge is 0.243 e. The fraction of sp³-hybridized carbons (Fsp3) is 0.417. The van der Waals surface area contributed by atoms with Gasteiger partial charge < -0.3 is 16.0 Å². The van der Waals surface area contributed by atoms with Crippen molar-refractivity contribution in [3.05, 3.63) is 71.3 Å². The van der Waals surface area contributed by atoms with Crippen molar-refractivity contribution < 1.29 is 9.59 Å². The van der Waals surface area contributed by atoms with Crippen LogP contribution in [0, 0.1) is 5.92 Å². The zero-order chi connectivity index (χ0) is 20.8. The van der Waals surface area contributed by atoms with Gasteiger partial charge in [-0.05, 0) is 42.4 Å². The molecule has 0 unspecified atom stereocenters. The number of benzene rings is 2. The molecule has 0 spiro atoms. The van der Waals surface area contributed by atoms with Crippen molar-refractivity contribution in [2.45, 2.75) is 58.3 Å². The third kappa shape index (κ3) is 5.67. The molecule has 3 rings (SSSR count). The summed E-state index contributed by atoms with van der Waals surface area (Å²) in [5, 5.41) is 9.34. The normalized spacial score (nSPS) is 17.9. The van der Waals surface area contributed by atoms with E-state index in [2.05, 4.69) is 41.9 Å². The monoisotopic (exact) mass is 393 g/mol. The van der Waals surface area contributed by atoms with Crippen LogP contribution in [-0.4, -0.2) is 23.9 Å². The quantitative estimate of drug-likeness (QED) is 0.677. The van der Waals surface area contributed by atoms with Crippen LogP contribution in [0.2, 0.25) is 0 Å². The molecule has 3 N–H and O–H groups in total. The Morgan fingerprint density at radius 1 is 0.966 bits per heavy atom. The lowest BCUT2D eigenvalue weighted by molar-refractivity contribution is -0.130. The van der Waals surface area contributed by atoms with Gasteiger partial charge in [-0.2, -0.15) is 0 Å². The number of carbonyl (C=O) groups excluding carboxylic acids is 2. The lowest BCUT2D eigenvalue weighted by Gasteiger charge is -2.28. The Bertz CT molecular complexity index is 835. The third-order valence-electron chi connectivity index (χ3n) is 5.40. The maximum absolute atomic E-state index is 12.9. The van der Waals surface area contributed by atoms with Crippen LogP contribution in [0.5, 0.6) is 0 Å². The number of hydrogen-bond donors (Lipinski definition) is 3. The van der Waals surface area contributed by atoms with Gasteiger partial charge in [0.2, 0.25) is 11.8 Å².